The smallest absolute Gasteiger partial charge is 0.0432 e. The summed E-state index contributed by atoms with van der Waals surface area (Å²) >= 11 is 5.27. The average molecular weight is 246 g/mol. The molecule has 0 aliphatic heterocycles. The van der Waals surface area contributed by atoms with Crippen molar-refractivity contribution < 1.29 is 0 Å². The molecule has 1 aliphatic carbocycles. The van der Waals surface area contributed by atoms with E-state index in [4.69, 9.17) is 5.73 Å². The highest BCUT2D eigenvalue weighted by atomic mass is 79.9. The van der Waals surface area contributed by atoms with Gasteiger partial charge in [-0.1, -0.05) is 6.92 Å². The molecule has 1 aromatic rings. The SMILES string of the molecule is CC1CC1C(N)c1sccc1Br. The van der Waals surface area contributed by atoms with Crippen molar-refractivity contribution in [1.82, 2.24) is 0 Å². The summed E-state index contributed by atoms with van der Waals surface area (Å²) in [6.45, 7) is 2.27. The van der Waals surface area contributed by atoms with Crippen molar-refractivity contribution in [3.05, 3.63) is 20.8 Å². The van der Waals surface area contributed by atoms with Crippen molar-refractivity contribution in [3.8, 4) is 0 Å². The molecule has 66 valence electrons. The minimum atomic E-state index is 0.259. The van der Waals surface area contributed by atoms with Crippen molar-refractivity contribution in [2.45, 2.75) is 19.4 Å². The van der Waals surface area contributed by atoms with Gasteiger partial charge in [-0.3, -0.25) is 0 Å². The van der Waals surface area contributed by atoms with Gasteiger partial charge >= 0.3 is 0 Å². The molecule has 0 saturated heterocycles. The molecule has 0 radical (unpaired) electrons. The number of hydrogen-bond acceptors (Lipinski definition) is 2. The number of thiophene rings is 1. The third-order valence-corrected chi connectivity index (χ3v) is 4.55. The summed E-state index contributed by atoms with van der Waals surface area (Å²) in [7, 11) is 0. The third kappa shape index (κ3) is 1.45. The van der Waals surface area contributed by atoms with Crippen LogP contribution < -0.4 is 5.73 Å². The van der Waals surface area contributed by atoms with Crippen LogP contribution in [0.25, 0.3) is 0 Å². The second-order valence-electron chi connectivity index (χ2n) is 3.54. The van der Waals surface area contributed by atoms with Crippen LogP contribution in [0.2, 0.25) is 0 Å². The third-order valence-electron chi connectivity index (χ3n) is 2.58. The largest absolute Gasteiger partial charge is 0.323 e. The van der Waals surface area contributed by atoms with Gasteiger partial charge in [-0.05, 0) is 45.6 Å². The van der Waals surface area contributed by atoms with E-state index in [-0.39, 0.29) is 6.04 Å². The van der Waals surface area contributed by atoms with E-state index in [9.17, 15) is 0 Å². The molecule has 1 heterocycles. The lowest BCUT2D eigenvalue weighted by atomic mass is 10.1. The van der Waals surface area contributed by atoms with Gasteiger partial charge in [0, 0.05) is 15.4 Å². The van der Waals surface area contributed by atoms with Crippen LogP contribution in [0.3, 0.4) is 0 Å². The van der Waals surface area contributed by atoms with Gasteiger partial charge in [0.2, 0.25) is 0 Å². The van der Waals surface area contributed by atoms with Crippen LogP contribution >= 0.6 is 27.3 Å². The van der Waals surface area contributed by atoms with Crippen LogP contribution in [-0.2, 0) is 0 Å². The minimum Gasteiger partial charge on any atom is -0.323 e. The number of hydrogen-bond donors (Lipinski definition) is 1. The Hall–Kier alpha value is 0.140. The lowest BCUT2D eigenvalue weighted by molar-refractivity contribution is 0.601. The molecule has 0 bridgehead atoms. The summed E-state index contributed by atoms with van der Waals surface area (Å²) in [6.07, 6.45) is 1.30. The Morgan fingerprint density at radius 1 is 1.75 bits per heavy atom. The highest BCUT2D eigenvalue weighted by Gasteiger charge is 2.39. The van der Waals surface area contributed by atoms with Crippen molar-refractivity contribution in [3.63, 3.8) is 0 Å². The second kappa shape index (κ2) is 3.13. The molecule has 0 amide bonds. The number of halogens is 1. The summed E-state index contributed by atoms with van der Waals surface area (Å²) < 4.78 is 1.18. The first-order valence-corrected chi connectivity index (χ1v) is 5.86. The zero-order valence-corrected chi connectivity index (χ0v) is 9.36. The van der Waals surface area contributed by atoms with Gasteiger partial charge in [0.25, 0.3) is 0 Å². The zero-order valence-electron chi connectivity index (χ0n) is 6.96. The molecule has 0 spiro atoms. The lowest BCUT2D eigenvalue weighted by Gasteiger charge is -2.08. The molecule has 3 unspecified atom stereocenters. The lowest BCUT2D eigenvalue weighted by Crippen LogP contribution is -2.12. The highest BCUT2D eigenvalue weighted by molar-refractivity contribution is 9.10. The minimum absolute atomic E-state index is 0.259. The predicted molar refractivity (Wildman–Crippen MR) is 56.2 cm³/mol. The van der Waals surface area contributed by atoms with Gasteiger partial charge in [-0.15, -0.1) is 11.3 Å². The first kappa shape index (κ1) is 8.73. The van der Waals surface area contributed by atoms with E-state index in [2.05, 4.69) is 34.3 Å². The predicted octanol–water partition coefficient (Wildman–Crippen LogP) is 3.17. The average Bonchev–Trinajstić information content (AvgIpc) is 2.59. The van der Waals surface area contributed by atoms with Crippen LogP contribution in [-0.4, -0.2) is 0 Å². The Bertz CT molecular complexity index is 284. The second-order valence-corrected chi connectivity index (χ2v) is 5.34. The van der Waals surface area contributed by atoms with Crippen LogP contribution in [0.4, 0.5) is 0 Å². The molecule has 1 nitrogen and oxygen atoms in total. The van der Waals surface area contributed by atoms with Crippen molar-refractivity contribution >= 4 is 27.3 Å². The molecule has 2 N–H and O–H groups in total. The maximum atomic E-state index is 6.12. The Labute approximate surface area is 85.1 Å². The number of rotatable bonds is 2. The van der Waals surface area contributed by atoms with E-state index >= 15 is 0 Å². The molecule has 1 aromatic heterocycles. The molecule has 0 aromatic carbocycles. The Kier molecular flexibility index (Phi) is 2.27. The monoisotopic (exact) mass is 245 g/mol. The maximum absolute atomic E-state index is 6.12. The molecule has 1 saturated carbocycles. The zero-order chi connectivity index (χ0) is 8.72. The van der Waals surface area contributed by atoms with Crippen LogP contribution in [0.5, 0.6) is 0 Å². The van der Waals surface area contributed by atoms with Gasteiger partial charge in [0.15, 0.2) is 0 Å². The van der Waals surface area contributed by atoms with Crippen LogP contribution in [0.15, 0.2) is 15.9 Å². The molecule has 3 heteroatoms. The molecule has 2 rings (SSSR count). The van der Waals surface area contributed by atoms with E-state index in [1.54, 1.807) is 11.3 Å². The fourth-order valence-corrected chi connectivity index (χ4v) is 3.30. The first-order valence-electron chi connectivity index (χ1n) is 4.18. The fraction of sp³-hybridized carbons (Fsp3) is 0.556. The Balaban J connectivity index is 2.14. The van der Waals surface area contributed by atoms with Gasteiger partial charge in [0.05, 0.1) is 0 Å². The Morgan fingerprint density at radius 2 is 2.42 bits per heavy atom. The molecular formula is C9H12BrNS. The van der Waals surface area contributed by atoms with Crippen LogP contribution in [0.1, 0.15) is 24.3 Å². The van der Waals surface area contributed by atoms with E-state index < -0.39 is 0 Å². The molecule has 1 aliphatic rings. The number of nitrogens with two attached hydrogens (primary N) is 1. The van der Waals surface area contributed by atoms with E-state index in [0.29, 0.717) is 0 Å². The van der Waals surface area contributed by atoms with Crippen molar-refractivity contribution in [2.75, 3.05) is 0 Å². The summed E-state index contributed by atoms with van der Waals surface area (Å²) in [6, 6.07) is 2.33. The van der Waals surface area contributed by atoms with E-state index in [0.717, 1.165) is 11.8 Å². The first-order chi connectivity index (χ1) is 5.70. The Morgan fingerprint density at radius 3 is 2.83 bits per heavy atom. The topological polar surface area (TPSA) is 26.0 Å². The molecule has 12 heavy (non-hydrogen) atoms. The highest BCUT2D eigenvalue weighted by Crippen LogP contribution is 2.48. The van der Waals surface area contributed by atoms with Gasteiger partial charge in [-0.2, -0.15) is 0 Å². The summed E-state index contributed by atoms with van der Waals surface area (Å²) in [5.41, 5.74) is 6.12. The fourth-order valence-electron chi connectivity index (χ4n) is 1.59. The van der Waals surface area contributed by atoms with Gasteiger partial charge < -0.3 is 5.73 Å². The van der Waals surface area contributed by atoms with Gasteiger partial charge in [-0.25, -0.2) is 0 Å². The quantitative estimate of drug-likeness (QED) is 0.852. The normalized spacial score (nSPS) is 30.2. The maximum Gasteiger partial charge on any atom is 0.0432 e. The molecule has 3 atom stereocenters. The molecular weight excluding hydrogens is 234 g/mol. The summed E-state index contributed by atoms with van der Waals surface area (Å²) in [5.74, 6) is 1.55. The summed E-state index contributed by atoms with van der Waals surface area (Å²) in [5, 5.41) is 2.09. The summed E-state index contributed by atoms with van der Waals surface area (Å²) in [4.78, 5) is 1.31. The molecule has 1 fully saturated rings. The van der Waals surface area contributed by atoms with Crippen molar-refractivity contribution in [1.29, 1.82) is 0 Å². The standard InChI is InChI=1S/C9H12BrNS/c1-5-4-6(5)8(11)9-7(10)2-3-12-9/h2-3,5-6,8H,4,11H2,1H3. The van der Waals surface area contributed by atoms with E-state index in [1.165, 1.54) is 15.8 Å². The van der Waals surface area contributed by atoms with Crippen molar-refractivity contribution in [2.24, 2.45) is 17.6 Å². The van der Waals surface area contributed by atoms with Gasteiger partial charge in [0.1, 0.15) is 0 Å². The van der Waals surface area contributed by atoms with E-state index in [1.807, 2.05) is 0 Å². The van der Waals surface area contributed by atoms with Crippen LogP contribution in [0, 0.1) is 11.8 Å².